The molecular weight excluding hydrogens is 436 g/mol. The average molecular weight is 471 g/mol. The van der Waals surface area contributed by atoms with Crippen molar-refractivity contribution < 1.29 is 33.5 Å². The van der Waals surface area contributed by atoms with E-state index in [1.54, 1.807) is 14.2 Å². The Morgan fingerprint density at radius 2 is 2.09 bits per heavy atom. The molecule has 1 N–H and O–H groups in total. The molecular formula is C24H35ClO7. The molecule has 2 fully saturated rings. The Kier molecular flexibility index (Phi) is 9.22. The molecule has 7 nitrogen and oxygen atoms in total. The molecule has 2 heterocycles. The first kappa shape index (κ1) is 25.3. The first-order chi connectivity index (χ1) is 15.3. The van der Waals surface area contributed by atoms with E-state index in [4.69, 9.17) is 45.1 Å². The van der Waals surface area contributed by atoms with Gasteiger partial charge in [-0.2, -0.15) is 0 Å². The first-order valence-corrected chi connectivity index (χ1v) is 11.5. The third-order valence-corrected chi connectivity index (χ3v) is 6.10. The molecule has 2 aliphatic rings. The molecule has 8 heteroatoms. The molecule has 0 bridgehead atoms. The van der Waals surface area contributed by atoms with Crippen LogP contribution in [0, 0.1) is 0 Å². The Balaban J connectivity index is 1.65. The molecule has 2 aliphatic heterocycles. The number of aliphatic hydroxyl groups excluding tert-OH is 1. The average Bonchev–Trinajstić information content (AvgIpc) is 3.36. The van der Waals surface area contributed by atoms with Crippen molar-refractivity contribution in [1.29, 1.82) is 0 Å². The number of hydrogen-bond acceptors (Lipinski definition) is 7. The van der Waals surface area contributed by atoms with Gasteiger partial charge in [0.1, 0.15) is 23.7 Å². The van der Waals surface area contributed by atoms with E-state index in [0.29, 0.717) is 26.1 Å². The van der Waals surface area contributed by atoms with Crippen molar-refractivity contribution in [2.75, 3.05) is 27.4 Å². The number of allylic oxidation sites excluding steroid dienone is 1. The predicted molar refractivity (Wildman–Crippen MR) is 121 cm³/mol. The van der Waals surface area contributed by atoms with Gasteiger partial charge in [-0.15, -0.1) is 0 Å². The molecule has 1 aromatic rings. The van der Waals surface area contributed by atoms with Gasteiger partial charge in [-0.05, 0) is 45.2 Å². The zero-order chi connectivity index (χ0) is 23.1. The summed E-state index contributed by atoms with van der Waals surface area (Å²) in [6, 6.07) is 5.69. The van der Waals surface area contributed by atoms with Gasteiger partial charge in [-0.1, -0.05) is 17.7 Å². The zero-order valence-electron chi connectivity index (χ0n) is 19.3. The highest BCUT2D eigenvalue weighted by Gasteiger charge is 2.46. The Bertz CT molecular complexity index is 767. The van der Waals surface area contributed by atoms with Crippen LogP contribution in [-0.2, 0) is 25.6 Å². The van der Waals surface area contributed by atoms with Crippen molar-refractivity contribution in [3.8, 4) is 11.5 Å². The van der Waals surface area contributed by atoms with E-state index in [1.165, 1.54) is 0 Å². The number of methoxy groups -OCH3 is 2. The Labute approximate surface area is 195 Å². The van der Waals surface area contributed by atoms with E-state index in [-0.39, 0.29) is 31.0 Å². The highest BCUT2D eigenvalue weighted by atomic mass is 35.5. The van der Waals surface area contributed by atoms with Gasteiger partial charge in [0, 0.05) is 29.7 Å². The van der Waals surface area contributed by atoms with Crippen molar-refractivity contribution in [3.05, 3.63) is 34.9 Å². The van der Waals surface area contributed by atoms with Gasteiger partial charge >= 0.3 is 0 Å². The van der Waals surface area contributed by atoms with Gasteiger partial charge in [0.05, 0.1) is 39.6 Å². The lowest BCUT2D eigenvalue weighted by atomic mass is 10.0. The molecule has 0 saturated carbocycles. The second-order valence-corrected chi connectivity index (χ2v) is 9.04. The summed E-state index contributed by atoms with van der Waals surface area (Å²) in [6.45, 7) is 4.76. The molecule has 3 rings (SSSR count). The van der Waals surface area contributed by atoms with E-state index in [0.717, 1.165) is 34.9 Å². The molecule has 0 radical (unpaired) electrons. The predicted octanol–water partition coefficient (Wildman–Crippen LogP) is 4.18. The molecule has 0 aliphatic carbocycles. The summed E-state index contributed by atoms with van der Waals surface area (Å²) in [5, 5.41) is 9.71. The second-order valence-electron chi connectivity index (χ2n) is 8.55. The fraction of sp³-hybridized carbons (Fsp3) is 0.667. The van der Waals surface area contributed by atoms with E-state index in [9.17, 15) is 0 Å². The first-order valence-electron chi connectivity index (χ1n) is 11.1. The number of benzene rings is 1. The lowest BCUT2D eigenvalue weighted by Gasteiger charge is -2.25. The molecule has 32 heavy (non-hydrogen) atoms. The fourth-order valence-electron chi connectivity index (χ4n) is 4.10. The zero-order valence-corrected chi connectivity index (χ0v) is 20.1. The van der Waals surface area contributed by atoms with Gasteiger partial charge in [-0.25, -0.2) is 0 Å². The van der Waals surface area contributed by atoms with E-state index in [1.807, 2.05) is 38.1 Å². The molecule has 1 aromatic carbocycles. The van der Waals surface area contributed by atoms with Crippen LogP contribution in [0.2, 0.25) is 0 Å². The molecule has 0 amide bonds. The fourth-order valence-corrected chi connectivity index (χ4v) is 4.32. The standard InChI is InChI=1S/C24H35ClO7/c1-24(2)30-15-22(32-24)23-21(13-19(31-23)10-8-17(25)6-5-11-26)29-14-16-7-9-18(27-3)12-20(16)28-4/h6-7,9,12,19,21-23,26H,5,8,10-11,13-15H2,1-4H3/b17-6-/t19-,21-,22-,23+/m1/s1. The van der Waals surface area contributed by atoms with Crippen LogP contribution in [0.5, 0.6) is 11.5 Å². The summed E-state index contributed by atoms with van der Waals surface area (Å²) in [7, 11) is 3.26. The van der Waals surface area contributed by atoms with Crippen LogP contribution < -0.4 is 9.47 Å². The molecule has 0 aromatic heterocycles. The number of hydrogen-bond donors (Lipinski definition) is 1. The summed E-state index contributed by atoms with van der Waals surface area (Å²) in [6.07, 6.45) is 4.07. The maximum absolute atomic E-state index is 8.96. The minimum Gasteiger partial charge on any atom is -0.497 e. The molecule has 2 saturated heterocycles. The van der Waals surface area contributed by atoms with Gasteiger partial charge in [0.2, 0.25) is 0 Å². The van der Waals surface area contributed by atoms with E-state index < -0.39 is 5.79 Å². The monoisotopic (exact) mass is 470 g/mol. The van der Waals surface area contributed by atoms with Crippen LogP contribution in [0.25, 0.3) is 0 Å². The number of halogens is 1. The van der Waals surface area contributed by atoms with Crippen molar-refractivity contribution >= 4 is 11.6 Å². The second kappa shape index (κ2) is 11.7. The molecule has 180 valence electrons. The van der Waals surface area contributed by atoms with Crippen LogP contribution in [-0.4, -0.2) is 62.7 Å². The summed E-state index contributed by atoms with van der Waals surface area (Å²) in [5.41, 5.74) is 0.939. The van der Waals surface area contributed by atoms with Gasteiger partial charge in [0.25, 0.3) is 0 Å². The Morgan fingerprint density at radius 1 is 1.28 bits per heavy atom. The van der Waals surface area contributed by atoms with Crippen LogP contribution >= 0.6 is 11.6 Å². The van der Waals surface area contributed by atoms with Crippen LogP contribution in [0.1, 0.15) is 45.1 Å². The van der Waals surface area contributed by atoms with Crippen molar-refractivity contribution in [3.63, 3.8) is 0 Å². The molecule has 0 spiro atoms. The SMILES string of the molecule is COc1ccc(CO[C@@H]2C[C@@H](CC/C(Cl)=C/CCO)O[C@@H]2[C@H]2COC(C)(C)O2)c(OC)c1. The molecule has 4 atom stereocenters. The summed E-state index contributed by atoms with van der Waals surface area (Å²) < 4.78 is 35.3. The lowest BCUT2D eigenvalue weighted by molar-refractivity contribution is -0.164. The third-order valence-electron chi connectivity index (χ3n) is 5.76. The Morgan fingerprint density at radius 3 is 2.75 bits per heavy atom. The lowest BCUT2D eigenvalue weighted by Crippen LogP contribution is -2.38. The maximum atomic E-state index is 8.96. The Hall–Kier alpha value is -1.35. The maximum Gasteiger partial charge on any atom is 0.163 e. The number of rotatable bonds is 11. The van der Waals surface area contributed by atoms with Crippen molar-refractivity contribution in [1.82, 2.24) is 0 Å². The van der Waals surface area contributed by atoms with Gasteiger partial charge in [-0.3, -0.25) is 0 Å². The smallest absolute Gasteiger partial charge is 0.163 e. The summed E-state index contributed by atoms with van der Waals surface area (Å²) in [5.74, 6) is 0.822. The van der Waals surface area contributed by atoms with Gasteiger partial charge < -0.3 is 33.5 Å². The number of aliphatic hydroxyl groups is 1. The van der Waals surface area contributed by atoms with Crippen LogP contribution in [0.15, 0.2) is 29.3 Å². The minimum atomic E-state index is -0.633. The van der Waals surface area contributed by atoms with Crippen molar-refractivity contribution in [2.45, 2.75) is 76.3 Å². The summed E-state index contributed by atoms with van der Waals surface area (Å²) in [4.78, 5) is 0. The topological polar surface area (TPSA) is 75.6 Å². The van der Waals surface area contributed by atoms with Crippen molar-refractivity contribution in [2.24, 2.45) is 0 Å². The van der Waals surface area contributed by atoms with Gasteiger partial charge in [0.15, 0.2) is 5.79 Å². The van der Waals surface area contributed by atoms with E-state index >= 15 is 0 Å². The van der Waals surface area contributed by atoms with Crippen LogP contribution in [0.3, 0.4) is 0 Å². The van der Waals surface area contributed by atoms with Crippen LogP contribution in [0.4, 0.5) is 0 Å². The largest absolute Gasteiger partial charge is 0.497 e. The molecule has 0 unspecified atom stereocenters. The quantitative estimate of drug-likeness (QED) is 0.519. The normalized spacial score (nSPS) is 27.6. The minimum absolute atomic E-state index is 0.00588. The number of ether oxygens (including phenoxy) is 6. The third kappa shape index (κ3) is 6.83. The highest BCUT2D eigenvalue weighted by molar-refractivity contribution is 6.29. The summed E-state index contributed by atoms with van der Waals surface area (Å²) >= 11 is 6.27. The highest BCUT2D eigenvalue weighted by Crippen LogP contribution is 2.36. The van der Waals surface area contributed by atoms with E-state index in [2.05, 4.69) is 0 Å².